The quantitative estimate of drug-likeness (QED) is 0.0898. The molecule has 75 heavy (non-hydrogen) atoms. The zero-order valence-electron chi connectivity index (χ0n) is 47.3. The molecule has 0 radical (unpaired) electrons. The van der Waals surface area contributed by atoms with Gasteiger partial charge in [-0.05, 0) is 241 Å². The predicted octanol–water partition coefficient (Wildman–Crippen LogP) is 20.0. The van der Waals surface area contributed by atoms with Crippen LogP contribution < -0.4 is 0 Å². The smallest absolute Gasteiger partial charge is 0.313 e. The summed E-state index contributed by atoms with van der Waals surface area (Å²) in [6.45, 7) is 43.4. The Kier molecular flexibility index (Phi) is 35.4. The van der Waals surface area contributed by atoms with Gasteiger partial charge < -0.3 is 23.7 Å². The Morgan fingerprint density at radius 1 is 0.467 bits per heavy atom. The summed E-state index contributed by atoms with van der Waals surface area (Å²) in [4.78, 5) is 47.8. The van der Waals surface area contributed by atoms with E-state index in [1.807, 2.05) is 125 Å². The highest BCUT2D eigenvalue weighted by molar-refractivity contribution is 5.77. The van der Waals surface area contributed by atoms with E-state index < -0.39 is 11.7 Å². The standard InChI is InChI=1S/C22H34O3.C14H26O2.C12H24O2.C10H20O2.8CH4/c1-5-21(3,4)20(23)24-12(2)25-22-11-14-7-16-15-6-13(9-18(16)22)10-19(22)17(15)8-14;1-6-13(2,3)12(15)16-14(4,5)11-9-7-8-10-11;1-8-11(4,5)10(13)14-12(6,7)9(2)3;1-7-10(5,6)8(11)12-9(2,3)4;;;;;;;;/h12-19H,5-11H2,1-4H3;11H,6-10H2,1-5H3;9H,8H2,1-7H3;7H2,1-6H3;8*1H4. The maximum Gasteiger partial charge on any atom is 0.313 e. The summed E-state index contributed by atoms with van der Waals surface area (Å²) < 4.78 is 29.0. The van der Waals surface area contributed by atoms with Crippen molar-refractivity contribution in [1.29, 1.82) is 0 Å². The van der Waals surface area contributed by atoms with Crippen molar-refractivity contribution < 1.29 is 42.9 Å². The van der Waals surface area contributed by atoms with Gasteiger partial charge in [-0.2, -0.15) is 0 Å². The zero-order chi connectivity index (χ0) is 51.5. The van der Waals surface area contributed by atoms with Crippen LogP contribution in [0, 0.1) is 74.9 Å². The molecule has 8 fully saturated rings. The molecule has 0 amide bonds. The fourth-order valence-electron chi connectivity index (χ4n) is 11.3. The molecule has 0 aliphatic heterocycles. The molecular formula is C66H136O9. The Labute approximate surface area is 470 Å². The number of hydrogen-bond donors (Lipinski definition) is 0. The van der Waals surface area contributed by atoms with E-state index in [1.54, 1.807) is 0 Å². The van der Waals surface area contributed by atoms with Crippen LogP contribution in [0.25, 0.3) is 0 Å². The molecule has 9 heteroatoms. The van der Waals surface area contributed by atoms with Gasteiger partial charge in [0.15, 0.2) is 0 Å². The first-order chi connectivity index (χ1) is 30.5. The summed E-state index contributed by atoms with van der Waals surface area (Å²) in [5.41, 5.74) is -2.50. The lowest BCUT2D eigenvalue weighted by Gasteiger charge is -2.74. The van der Waals surface area contributed by atoms with Crippen LogP contribution in [0.1, 0.15) is 302 Å². The van der Waals surface area contributed by atoms with E-state index in [-0.39, 0.29) is 122 Å². The largest absolute Gasteiger partial charge is 0.460 e. The van der Waals surface area contributed by atoms with E-state index in [0.29, 0.717) is 11.8 Å². The molecule has 0 aromatic rings. The van der Waals surface area contributed by atoms with E-state index in [0.717, 1.165) is 67.1 Å². The molecule has 454 valence electrons. The van der Waals surface area contributed by atoms with Crippen molar-refractivity contribution >= 4 is 23.9 Å². The molecule has 8 bridgehead atoms. The number of carbonyl (C=O) groups excluding carboxylic acids is 4. The van der Waals surface area contributed by atoms with Crippen LogP contribution in [-0.4, -0.2) is 52.6 Å². The molecule has 0 saturated heterocycles. The highest BCUT2D eigenvalue weighted by Crippen LogP contribution is 2.73. The molecule has 0 aromatic carbocycles. The van der Waals surface area contributed by atoms with Crippen LogP contribution in [0.2, 0.25) is 0 Å². The monoisotopic (exact) mass is 1070 g/mol. The Morgan fingerprint density at radius 2 is 0.813 bits per heavy atom. The molecule has 8 saturated carbocycles. The molecule has 5 unspecified atom stereocenters. The van der Waals surface area contributed by atoms with E-state index in [4.69, 9.17) is 23.7 Å². The van der Waals surface area contributed by atoms with Crippen LogP contribution in [-0.2, 0) is 42.9 Å². The van der Waals surface area contributed by atoms with Gasteiger partial charge in [0.05, 0.1) is 27.3 Å². The average molecular weight is 1070 g/mol. The molecule has 0 spiro atoms. The van der Waals surface area contributed by atoms with Gasteiger partial charge in [-0.1, -0.05) is 114 Å². The number of carbonyl (C=O) groups is 4. The highest BCUT2D eigenvalue weighted by atomic mass is 16.7. The lowest BCUT2D eigenvalue weighted by atomic mass is 9.34. The van der Waals surface area contributed by atoms with Gasteiger partial charge >= 0.3 is 23.9 Å². The van der Waals surface area contributed by atoms with Crippen molar-refractivity contribution in [2.24, 2.45) is 74.9 Å². The Bertz CT molecular complexity index is 1630. The lowest BCUT2D eigenvalue weighted by molar-refractivity contribution is -0.338. The number of ether oxygens (including phenoxy) is 5. The third-order valence-electron chi connectivity index (χ3n) is 18.2. The molecule has 5 atom stereocenters. The van der Waals surface area contributed by atoms with Crippen molar-refractivity contribution in [3.63, 3.8) is 0 Å². The first-order valence-corrected chi connectivity index (χ1v) is 27.0. The molecule has 0 aromatic heterocycles. The van der Waals surface area contributed by atoms with Gasteiger partial charge in [-0.3, -0.25) is 19.2 Å². The SMILES string of the molecule is C.C.C.C.C.C.C.C.CCC(C)(C)C(=O)OC(C)(C)C.CCC(C)(C)C(=O)OC(C)(C)C(C)C.CCC(C)(C)C(=O)OC(C)(C)C1CCCC1.CCC(C)(C)C(=O)OC(C)OC12CC3CC4C5CC(CC41)CC2C5C3. The van der Waals surface area contributed by atoms with Crippen molar-refractivity contribution in [1.82, 2.24) is 0 Å². The molecular weight excluding hydrogens is 937 g/mol. The van der Waals surface area contributed by atoms with Gasteiger partial charge in [0.25, 0.3) is 0 Å². The minimum Gasteiger partial charge on any atom is -0.460 e. The van der Waals surface area contributed by atoms with Crippen molar-refractivity contribution in [3.8, 4) is 0 Å². The van der Waals surface area contributed by atoms with Crippen LogP contribution in [0.4, 0.5) is 0 Å². The fraction of sp³-hybridized carbons (Fsp3) is 0.939. The number of hydrogen-bond acceptors (Lipinski definition) is 9. The van der Waals surface area contributed by atoms with Gasteiger partial charge in [-0.15, -0.1) is 0 Å². The fourth-order valence-corrected chi connectivity index (χ4v) is 11.3. The second kappa shape index (κ2) is 31.6. The predicted molar refractivity (Wildman–Crippen MR) is 325 cm³/mol. The third kappa shape index (κ3) is 20.8. The summed E-state index contributed by atoms with van der Waals surface area (Å²) >= 11 is 0. The van der Waals surface area contributed by atoms with E-state index >= 15 is 0 Å². The molecule has 8 rings (SSSR count). The van der Waals surface area contributed by atoms with E-state index in [1.165, 1.54) is 64.2 Å². The van der Waals surface area contributed by atoms with E-state index in [2.05, 4.69) is 27.7 Å². The summed E-state index contributed by atoms with van der Waals surface area (Å²) in [5, 5.41) is 0. The molecule has 0 N–H and O–H groups in total. The highest BCUT2D eigenvalue weighted by Gasteiger charge is 2.71. The summed E-state index contributed by atoms with van der Waals surface area (Å²) in [5.74, 6) is 6.60. The lowest BCUT2D eigenvalue weighted by Crippen LogP contribution is -2.72. The maximum atomic E-state index is 12.5. The Morgan fingerprint density at radius 3 is 1.17 bits per heavy atom. The Balaban J connectivity index is -0.000000214. The average Bonchev–Trinajstić information content (AvgIpc) is 3.79. The maximum absolute atomic E-state index is 12.5. The van der Waals surface area contributed by atoms with Crippen molar-refractivity contribution in [3.05, 3.63) is 0 Å². The van der Waals surface area contributed by atoms with Crippen LogP contribution >= 0.6 is 0 Å². The van der Waals surface area contributed by atoms with Crippen molar-refractivity contribution in [2.45, 2.75) is 330 Å². The molecule has 0 heterocycles. The second-order valence-corrected chi connectivity index (χ2v) is 26.9. The minimum atomic E-state index is -0.420. The number of rotatable bonds is 15. The van der Waals surface area contributed by atoms with Crippen LogP contribution in [0.5, 0.6) is 0 Å². The van der Waals surface area contributed by atoms with Crippen LogP contribution in [0.15, 0.2) is 0 Å². The summed E-state index contributed by atoms with van der Waals surface area (Å²) in [6, 6.07) is 0. The third-order valence-corrected chi connectivity index (χ3v) is 18.2. The van der Waals surface area contributed by atoms with Gasteiger partial charge in [-0.25, -0.2) is 0 Å². The molecule has 8 aliphatic carbocycles. The summed E-state index contributed by atoms with van der Waals surface area (Å²) in [6.07, 6.45) is 16.2. The zero-order valence-corrected chi connectivity index (χ0v) is 47.3. The van der Waals surface area contributed by atoms with Gasteiger partial charge in [0.1, 0.15) is 16.8 Å². The molecule has 8 aliphatic rings. The van der Waals surface area contributed by atoms with E-state index in [9.17, 15) is 19.2 Å². The van der Waals surface area contributed by atoms with Crippen molar-refractivity contribution in [2.75, 3.05) is 0 Å². The second-order valence-electron chi connectivity index (χ2n) is 26.9. The van der Waals surface area contributed by atoms with Crippen LogP contribution in [0.3, 0.4) is 0 Å². The molecule has 9 nitrogen and oxygen atoms in total. The first kappa shape index (κ1) is 84.1. The normalized spacial score (nSPS) is 25.3. The first-order valence-electron chi connectivity index (χ1n) is 27.0. The van der Waals surface area contributed by atoms with Gasteiger partial charge in [0, 0.05) is 0 Å². The number of esters is 4. The minimum absolute atomic E-state index is 0. The van der Waals surface area contributed by atoms with Gasteiger partial charge in [0.2, 0.25) is 6.29 Å². The topological polar surface area (TPSA) is 114 Å². The Hall–Kier alpha value is -2.16. The summed E-state index contributed by atoms with van der Waals surface area (Å²) in [7, 11) is 0.